The average molecular weight is 262 g/mol. The Labute approximate surface area is 112 Å². The maximum Gasteiger partial charge on any atom is 0.267 e. The number of likely N-dealkylation sites (tertiary alicyclic amines) is 1. The van der Waals surface area contributed by atoms with E-state index in [9.17, 15) is 4.79 Å². The van der Waals surface area contributed by atoms with Gasteiger partial charge in [0.05, 0.1) is 0 Å². The molecule has 0 unspecified atom stereocenters. The number of benzene rings is 1. The summed E-state index contributed by atoms with van der Waals surface area (Å²) in [5, 5.41) is 0. The van der Waals surface area contributed by atoms with E-state index >= 15 is 0 Å². The van der Waals surface area contributed by atoms with E-state index in [1.54, 1.807) is 4.90 Å². The van der Waals surface area contributed by atoms with Crippen LogP contribution in [0.15, 0.2) is 24.3 Å². The summed E-state index contributed by atoms with van der Waals surface area (Å²) in [4.78, 5) is 14.2. The number of rotatable bonds is 1. The van der Waals surface area contributed by atoms with Gasteiger partial charge >= 0.3 is 0 Å². The first kappa shape index (κ1) is 12.3. The van der Waals surface area contributed by atoms with Crippen LogP contribution in [0.3, 0.4) is 0 Å². The fourth-order valence-corrected chi connectivity index (χ4v) is 2.56. The van der Waals surface area contributed by atoms with E-state index in [-0.39, 0.29) is 18.6 Å². The first-order valence-corrected chi connectivity index (χ1v) is 6.67. The summed E-state index contributed by atoms with van der Waals surface area (Å²) in [5.74, 6) is 1.31. The number of hydrogen-bond donors (Lipinski definition) is 1. The smallest absolute Gasteiger partial charge is 0.267 e. The van der Waals surface area contributed by atoms with Gasteiger partial charge in [-0.05, 0) is 25.0 Å². The Kier molecular flexibility index (Phi) is 3.29. The normalized spacial score (nSPS) is 26.1. The second-order valence-corrected chi connectivity index (χ2v) is 5.05. The molecule has 2 aliphatic rings. The minimum absolute atomic E-state index is 0.0235. The Balaban J connectivity index is 1.69. The van der Waals surface area contributed by atoms with Gasteiger partial charge < -0.3 is 20.1 Å². The molecular formula is C14H18N2O3. The van der Waals surface area contributed by atoms with Crippen LogP contribution in [0.2, 0.25) is 0 Å². The summed E-state index contributed by atoms with van der Waals surface area (Å²) in [6.45, 7) is 1.63. The van der Waals surface area contributed by atoms with E-state index < -0.39 is 6.10 Å². The van der Waals surface area contributed by atoms with Gasteiger partial charge in [-0.15, -0.1) is 0 Å². The fourth-order valence-electron chi connectivity index (χ4n) is 2.56. The minimum Gasteiger partial charge on any atom is -0.485 e. The Hall–Kier alpha value is -1.75. The van der Waals surface area contributed by atoms with Gasteiger partial charge in [-0.3, -0.25) is 4.79 Å². The van der Waals surface area contributed by atoms with Gasteiger partial charge in [-0.1, -0.05) is 12.1 Å². The average Bonchev–Trinajstić information content (AvgIpc) is 2.46. The lowest BCUT2D eigenvalue weighted by Gasteiger charge is -2.34. The molecule has 2 N–H and O–H groups in total. The number of amides is 1. The topological polar surface area (TPSA) is 64.8 Å². The standard InChI is InChI=1S/C14H18N2O3/c15-10-4-3-7-16(8-10)14(17)13-9-18-11-5-1-2-6-12(11)19-13/h1-2,5-6,10,13H,3-4,7-9,15H2/t10-,13-/m1/s1. The predicted octanol–water partition coefficient (Wildman–Crippen LogP) is 0.776. The van der Waals surface area contributed by atoms with Crippen LogP contribution < -0.4 is 15.2 Å². The molecule has 3 rings (SSSR count). The highest BCUT2D eigenvalue weighted by molar-refractivity contribution is 5.82. The molecule has 0 saturated carbocycles. The van der Waals surface area contributed by atoms with E-state index in [0.717, 1.165) is 19.4 Å². The number of hydrogen-bond acceptors (Lipinski definition) is 4. The van der Waals surface area contributed by atoms with E-state index in [2.05, 4.69) is 0 Å². The minimum atomic E-state index is -0.555. The molecule has 0 bridgehead atoms. The fraction of sp³-hybridized carbons (Fsp3) is 0.500. The zero-order chi connectivity index (χ0) is 13.2. The highest BCUT2D eigenvalue weighted by Crippen LogP contribution is 2.31. The molecule has 1 aromatic carbocycles. The quantitative estimate of drug-likeness (QED) is 0.812. The molecule has 1 fully saturated rings. The van der Waals surface area contributed by atoms with E-state index in [0.29, 0.717) is 18.0 Å². The first-order chi connectivity index (χ1) is 9.24. The van der Waals surface area contributed by atoms with Crippen molar-refractivity contribution in [3.63, 3.8) is 0 Å². The van der Waals surface area contributed by atoms with Crippen molar-refractivity contribution in [3.05, 3.63) is 24.3 Å². The van der Waals surface area contributed by atoms with Crippen LogP contribution in [0.5, 0.6) is 11.5 Å². The molecular weight excluding hydrogens is 244 g/mol. The maximum atomic E-state index is 12.4. The summed E-state index contributed by atoms with van der Waals surface area (Å²) < 4.78 is 11.3. The lowest BCUT2D eigenvalue weighted by atomic mass is 10.1. The summed E-state index contributed by atoms with van der Waals surface area (Å²) in [6, 6.07) is 7.48. The molecule has 19 heavy (non-hydrogen) atoms. The summed E-state index contributed by atoms with van der Waals surface area (Å²) >= 11 is 0. The number of nitrogens with two attached hydrogens (primary N) is 1. The highest BCUT2D eigenvalue weighted by Gasteiger charge is 2.32. The molecule has 0 spiro atoms. The van der Waals surface area contributed by atoms with Gasteiger partial charge in [0.15, 0.2) is 11.5 Å². The summed E-state index contributed by atoms with van der Waals surface area (Å²) in [6.07, 6.45) is 1.38. The molecule has 102 valence electrons. The molecule has 0 aromatic heterocycles. The molecule has 1 amide bonds. The van der Waals surface area contributed by atoms with E-state index in [1.165, 1.54) is 0 Å². The van der Waals surface area contributed by atoms with Crippen molar-refractivity contribution in [2.45, 2.75) is 25.0 Å². The third-order valence-electron chi connectivity index (χ3n) is 3.55. The Morgan fingerprint density at radius 2 is 2.11 bits per heavy atom. The third kappa shape index (κ3) is 2.51. The zero-order valence-corrected chi connectivity index (χ0v) is 10.7. The van der Waals surface area contributed by atoms with Crippen molar-refractivity contribution in [2.24, 2.45) is 5.73 Å². The molecule has 1 saturated heterocycles. The molecule has 5 nitrogen and oxygen atoms in total. The number of fused-ring (bicyclic) bond motifs is 1. The predicted molar refractivity (Wildman–Crippen MR) is 70.1 cm³/mol. The van der Waals surface area contributed by atoms with Gasteiger partial charge in [-0.2, -0.15) is 0 Å². The number of nitrogens with zero attached hydrogens (tertiary/aromatic N) is 1. The van der Waals surface area contributed by atoms with Crippen molar-refractivity contribution in [2.75, 3.05) is 19.7 Å². The van der Waals surface area contributed by atoms with Gasteiger partial charge in [0.25, 0.3) is 5.91 Å². The van der Waals surface area contributed by atoms with Crippen LogP contribution in [0, 0.1) is 0 Å². The Morgan fingerprint density at radius 3 is 2.89 bits per heavy atom. The lowest BCUT2D eigenvalue weighted by molar-refractivity contribution is -0.142. The van der Waals surface area contributed by atoms with Crippen LogP contribution in [-0.4, -0.2) is 42.6 Å². The maximum absolute atomic E-state index is 12.4. The van der Waals surface area contributed by atoms with Crippen molar-refractivity contribution in [1.29, 1.82) is 0 Å². The van der Waals surface area contributed by atoms with Crippen LogP contribution >= 0.6 is 0 Å². The zero-order valence-electron chi connectivity index (χ0n) is 10.7. The molecule has 1 aromatic rings. The Morgan fingerprint density at radius 1 is 1.32 bits per heavy atom. The van der Waals surface area contributed by atoms with Gasteiger partial charge in [-0.25, -0.2) is 0 Å². The van der Waals surface area contributed by atoms with Gasteiger partial charge in [0.1, 0.15) is 6.61 Å². The molecule has 2 atom stereocenters. The van der Waals surface area contributed by atoms with E-state index in [1.807, 2.05) is 24.3 Å². The first-order valence-electron chi connectivity index (χ1n) is 6.67. The third-order valence-corrected chi connectivity index (χ3v) is 3.55. The molecule has 2 aliphatic heterocycles. The van der Waals surface area contributed by atoms with Crippen molar-refractivity contribution >= 4 is 5.91 Å². The lowest BCUT2D eigenvalue weighted by Crippen LogP contribution is -2.52. The van der Waals surface area contributed by atoms with Gasteiger partial charge in [0, 0.05) is 19.1 Å². The van der Waals surface area contributed by atoms with Crippen molar-refractivity contribution in [3.8, 4) is 11.5 Å². The Bertz CT molecular complexity index is 478. The largest absolute Gasteiger partial charge is 0.485 e. The summed E-state index contributed by atoms with van der Waals surface area (Å²) in [5.41, 5.74) is 5.90. The molecule has 2 heterocycles. The van der Waals surface area contributed by atoms with Crippen molar-refractivity contribution in [1.82, 2.24) is 4.90 Å². The second-order valence-electron chi connectivity index (χ2n) is 5.05. The number of piperidine rings is 1. The highest BCUT2D eigenvalue weighted by atomic mass is 16.6. The van der Waals surface area contributed by atoms with E-state index in [4.69, 9.17) is 15.2 Å². The molecule has 5 heteroatoms. The van der Waals surface area contributed by atoms with Crippen LogP contribution in [0.4, 0.5) is 0 Å². The summed E-state index contributed by atoms with van der Waals surface area (Å²) in [7, 11) is 0. The van der Waals surface area contributed by atoms with Crippen LogP contribution in [0.1, 0.15) is 12.8 Å². The van der Waals surface area contributed by atoms with Crippen LogP contribution in [0.25, 0.3) is 0 Å². The molecule has 0 radical (unpaired) electrons. The number of para-hydroxylation sites is 2. The van der Waals surface area contributed by atoms with Gasteiger partial charge in [0.2, 0.25) is 6.10 Å². The SMILES string of the molecule is N[C@@H]1CCCN(C(=O)[C@H]2COc3ccccc3O2)C1. The number of carbonyl (C=O) groups is 1. The molecule has 0 aliphatic carbocycles. The van der Waals surface area contributed by atoms with Crippen LogP contribution in [-0.2, 0) is 4.79 Å². The number of carbonyl (C=O) groups excluding carboxylic acids is 1. The van der Waals surface area contributed by atoms with Crippen molar-refractivity contribution < 1.29 is 14.3 Å². The number of ether oxygens (including phenoxy) is 2. The second kappa shape index (κ2) is 5.09. The monoisotopic (exact) mass is 262 g/mol.